The van der Waals surface area contributed by atoms with Crippen LogP contribution in [0.5, 0.6) is 0 Å². The first-order chi connectivity index (χ1) is 14.4. The first-order valence-corrected chi connectivity index (χ1v) is 10.5. The summed E-state index contributed by atoms with van der Waals surface area (Å²) in [5, 5.41) is 2.83. The number of likely N-dealkylation sites (N-methyl/N-ethyl adjacent to an activating group) is 1. The second-order valence-electron chi connectivity index (χ2n) is 8.22. The zero-order valence-corrected chi connectivity index (χ0v) is 17.9. The highest BCUT2D eigenvalue weighted by Crippen LogP contribution is 2.25. The standard InChI is InChI=1S/C24H30FN3O2/c1-17(2)22(26-23(29)18-10-12-20(25)13-11-18)24(30)27(3)16-19-8-4-5-9-21(19)28-14-6-7-15-28/h4-5,8-13,17,22H,6-7,14-16H2,1-3H3,(H,26,29). The van der Waals surface area contributed by atoms with Gasteiger partial charge in [-0.1, -0.05) is 32.0 Å². The van der Waals surface area contributed by atoms with Crippen LogP contribution in [0.2, 0.25) is 0 Å². The average molecular weight is 412 g/mol. The van der Waals surface area contributed by atoms with Crippen molar-refractivity contribution in [2.45, 2.75) is 39.3 Å². The monoisotopic (exact) mass is 411 g/mol. The van der Waals surface area contributed by atoms with E-state index < -0.39 is 11.9 Å². The summed E-state index contributed by atoms with van der Waals surface area (Å²) in [6.45, 7) is 6.36. The molecule has 160 valence electrons. The van der Waals surface area contributed by atoms with Gasteiger partial charge in [0.25, 0.3) is 5.91 Å². The number of nitrogens with one attached hydrogen (secondary N) is 1. The summed E-state index contributed by atoms with van der Waals surface area (Å²) in [6, 6.07) is 12.8. The van der Waals surface area contributed by atoms with E-state index in [1.54, 1.807) is 11.9 Å². The molecule has 6 heteroatoms. The number of benzene rings is 2. The normalized spacial score (nSPS) is 14.6. The van der Waals surface area contributed by atoms with Gasteiger partial charge in [0.1, 0.15) is 11.9 Å². The van der Waals surface area contributed by atoms with E-state index in [1.165, 1.54) is 42.8 Å². The lowest BCUT2D eigenvalue weighted by Gasteiger charge is -2.29. The molecule has 0 bridgehead atoms. The molecule has 30 heavy (non-hydrogen) atoms. The van der Waals surface area contributed by atoms with Gasteiger partial charge < -0.3 is 15.1 Å². The molecule has 1 saturated heterocycles. The lowest BCUT2D eigenvalue weighted by molar-refractivity contribution is -0.133. The van der Waals surface area contributed by atoms with Gasteiger partial charge in [-0.05, 0) is 54.7 Å². The largest absolute Gasteiger partial charge is 0.371 e. The maximum atomic E-state index is 13.2. The van der Waals surface area contributed by atoms with Gasteiger partial charge in [-0.25, -0.2) is 4.39 Å². The van der Waals surface area contributed by atoms with Gasteiger partial charge in [0.15, 0.2) is 0 Å². The summed E-state index contributed by atoms with van der Waals surface area (Å²) in [4.78, 5) is 29.8. The van der Waals surface area contributed by atoms with Crippen LogP contribution in [-0.2, 0) is 11.3 Å². The molecule has 2 aromatic carbocycles. The Bertz CT molecular complexity index is 876. The smallest absolute Gasteiger partial charge is 0.251 e. The summed E-state index contributed by atoms with van der Waals surface area (Å²) >= 11 is 0. The van der Waals surface area contributed by atoms with Gasteiger partial charge in [0, 0.05) is 37.9 Å². The van der Waals surface area contributed by atoms with E-state index in [1.807, 2.05) is 26.0 Å². The van der Waals surface area contributed by atoms with Crippen molar-refractivity contribution in [1.29, 1.82) is 0 Å². The summed E-state index contributed by atoms with van der Waals surface area (Å²) in [6.07, 6.45) is 2.38. The molecule has 0 aliphatic carbocycles. The number of hydrogen-bond acceptors (Lipinski definition) is 3. The minimum Gasteiger partial charge on any atom is -0.371 e. The molecule has 1 heterocycles. The van der Waals surface area contributed by atoms with Crippen LogP contribution >= 0.6 is 0 Å². The molecular weight excluding hydrogens is 381 g/mol. The van der Waals surface area contributed by atoms with Crippen molar-refractivity contribution >= 4 is 17.5 Å². The second kappa shape index (κ2) is 9.74. The number of amides is 2. The van der Waals surface area contributed by atoms with Crippen LogP contribution in [-0.4, -0.2) is 42.9 Å². The third-order valence-electron chi connectivity index (χ3n) is 5.55. The van der Waals surface area contributed by atoms with Gasteiger partial charge in [-0.15, -0.1) is 0 Å². The lowest BCUT2D eigenvalue weighted by atomic mass is 10.0. The summed E-state index contributed by atoms with van der Waals surface area (Å²) in [5.74, 6) is -1.01. The van der Waals surface area contributed by atoms with Crippen molar-refractivity contribution in [2.75, 3.05) is 25.0 Å². The van der Waals surface area contributed by atoms with Crippen LogP contribution in [0.15, 0.2) is 48.5 Å². The topological polar surface area (TPSA) is 52.7 Å². The fourth-order valence-corrected chi connectivity index (χ4v) is 3.82. The van der Waals surface area contributed by atoms with Gasteiger partial charge in [-0.3, -0.25) is 9.59 Å². The van der Waals surface area contributed by atoms with Crippen LogP contribution in [0.1, 0.15) is 42.6 Å². The van der Waals surface area contributed by atoms with E-state index in [-0.39, 0.29) is 17.7 Å². The van der Waals surface area contributed by atoms with Crippen molar-refractivity contribution in [3.05, 3.63) is 65.5 Å². The quantitative estimate of drug-likeness (QED) is 0.753. The fourth-order valence-electron chi connectivity index (χ4n) is 3.82. The minimum atomic E-state index is -0.661. The molecule has 0 saturated carbocycles. The Morgan fingerprint density at radius 3 is 2.33 bits per heavy atom. The third-order valence-corrected chi connectivity index (χ3v) is 5.55. The average Bonchev–Trinajstić information content (AvgIpc) is 3.26. The van der Waals surface area contributed by atoms with E-state index in [0.717, 1.165) is 18.7 Å². The molecule has 1 aliphatic rings. The minimum absolute atomic E-state index is 0.0850. The van der Waals surface area contributed by atoms with Crippen LogP contribution < -0.4 is 10.2 Å². The summed E-state index contributed by atoms with van der Waals surface area (Å²) < 4.78 is 13.1. The zero-order valence-electron chi connectivity index (χ0n) is 17.9. The van der Waals surface area contributed by atoms with E-state index >= 15 is 0 Å². The molecule has 1 atom stereocenters. The Hall–Kier alpha value is -2.89. The van der Waals surface area contributed by atoms with Crippen LogP contribution in [0, 0.1) is 11.7 Å². The molecule has 1 N–H and O–H groups in total. The number of rotatable bonds is 7. The van der Waals surface area contributed by atoms with E-state index in [4.69, 9.17) is 0 Å². The van der Waals surface area contributed by atoms with Crippen molar-refractivity contribution < 1.29 is 14.0 Å². The summed E-state index contributed by atoms with van der Waals surface area (Å²) in [7, 11) is 1.77. The predicted molar refractivity (Wildman–Crippen MR) is 117 cm³/mol. The van der Waals surface area contributed by atoms with Gasteiger partial charge in [-0.2, -0.15) is 0 Å². The number of hydrogen-bond donors (Lipinski definition) is 1. The SMILES string of the molecule is CC(C)C(NC(=O)c1ccc(F)cc1)C(=O)N(C)Cc1ccccc1N1CCCC1. The number of carbonyl (C=O) groups excluding carboxylic acids is 2. The maximum absolute atomic E-state index is 13.2. The molecular formula is C24H30FN3O2. The van der Waals surface area contributed by atoms with Crippen LogP contribution in [0.3, 0.4) is 0 Å². The molecule has 1 aliphatic heterocycles. The second-order valence-corrected chi connectivity index (χ2v) is 8.22. The number of nitrogens with zero attached hydrogens (tertiary/aromatic N) is 2. The van der Waals surface area contributed by atoms with Crippen LogP contribution in [0.4, 0.5) is 10.1 Å². The molecule has 5 nitrogen and oxygen atoms in total. The highest BCUT2D eigenvalue weighted by molar-refractivity contribution is 5.97. The van der Waals surface area contributed by atoms with E-state index in [2.05, 4.69) is 22.3 Å². The fraction of sp³-hybridized carbons (Fsp3) is 0.417. The van der Waals surface area contributed by atoms with Gasteiger partial charge in [0.2, 0.25) is 5.91 Å². The number of halogens is 1. The molecule has 0 spiro atoms. The Balaban J connectivity index is 1.71. The highest BCUT2D eigenvalue weighted by Gasteiger charge is 2.28. The molecule has 1 unspecified atom stereocenters. The zero-order chi connectivity index (χ0) is 21.7. The van der Waals surface area contributed by atoms with Crippen molar-refractivity contribution in [2.24, 2.45) is 5.92 Å². The molecule has 2 aromatic rings. The Morgan fingerprint density at radius 2 is 1.70 bits per heavy atom. The van der Waals surface area contributed by atoms with Gasteiger partial charge in [0.05, 0.1) is 0 Å². The first kappa shape index (κ1) is 21.8. The molecule has 1 fully saturated rings. The van der Waals surface area contributed by atoms with E-state index in [0.29, 0.717) is 12.1 Å². The lowest BCUT2D eigenvalue weighted by Crippen LogP contribution is -2.50. The third kappa shape index (κ3) is 5.17. The Labute approximate surface area is 177 Å². The first-order valence-electron chi connectivity index (χ1n) is 10.5. The predicted octanol–water partition coefficient (Wildman–Crippen LogP) is 3.84. The van der Waals surface area contributed by atoms with Gasteiger partial charge >= 0.3 is 0 Å². The van der Waals surface area contributed by atoms with Crippen molar-refractivity contribution in [3.8, 4) is 0 Å². The Kier molecular flexibility index (Phi) is 7.08. The van der Waals surface area contributed by atoms with Crippen molar-refractivity contribution in [1.82, 2.24) is 10.2 Å². The Morgan fingerprint density at radius 1 is 1.07 bits per heavy atom. The van der Waals surface area contributed by atoms with Crippen LogP contribution in [0.25, 0.3) is 0 Å². The molecule has 0 aromatic heterocycles. The number of carbonyl (C=O) groups is 2. The number of anilines is 1. The maximum Gasteiger partial charge on any atom is 0.251 e. The summed E-state index contributed by atoms with van der Waals surface area (Å²) in [5.41, 5.74) is 2.60. The molecule has 0 radical (unpaired) electrons. The van der Waals surface area contributed by atoms with E-state index in [9.17, 15) is 14.0 Å². The highest BCUT2D eigenvalue weighted by atomic mass is 19.1. The molecule has 2 amide bonds. The number of para-hydroxylation sites is 1. The van der Waals surface area contributed by atoms with Crippen molar-refractivity contribution in [3.63, 3.8) is 0 Å². The molecule has 3 rings (SSSR count).